The molecule has 0 fully saturated rings. The second-order valence-corrected chi connectivity index (χ2v) is 5.19. The third-order valence-corrected chi connectivity index (χ3v) is 3.19. The number of carbonyl (C=O) groups excluding carboxylic acids is 1. The Balaban J connectivity index is 2.51. The normalized spacial score (nSPS) is 10.3. The van der Waals surface area contributed by atoms with Crippen molar-refractivity contribution in [3.05, 3.63) is 46.9 Å². The number of aromatic nitrogens is 2. The van der Waals surface area contributed by atoms with Crippen molar-refractivity contribution in [1.29, 1.82) is 5.41 Å². The fraction of sp³-hybridized carbons (Fsp3) is 0.294. The summed E-state index contributed by atoms with van der Waals surface area (Å²) in [4.78, 5) is 20.8. The molecular formula is C17H20N4O2. The number of hydrogen-bond acceptors (Lipinski definition) is 6. The van der Waals surface area contributed by atoms with Gasteiger partial charge in [0.2, 0.25) is 0 Å². The first kappa shape index (κ1) is 16.6. The summed E-state index contributed by atoms with van der Waals surface area (Å²) in [6.45, 7) is 7.35. The summed E-state index contributed by atoms with van der Waals surface area (Å²) in [7, 11) is 0. The van der Waals surface area contributed by atoms with Crippen molar-refractivity contribution in [2.75, 3.05) is 11.9 Å². The van der Waals surface area contributed by atoms with Crippen LogP contribution in [0.2, 0.25) is 0 Å². The molecule has 2 N–H and O–H groups in total. The maximum atomic E-state index is 12.2. The molecule has 2 aromatic rings. The number of esters is 1. The molecule has 6 heteroatoms. The lowest BCUT2D eigenvalue weighted by Crippen LogP contribution is -2.14. The second-order valence-electron chi connectivity index (χ2n) is 5.19. The van der Waals surface area contributed by atoms with E-state index in [4.69, 9.17) is 10.1 Å². The smallest absolute Gasteiger partial charge is 0.338 e. The van der Waals surface area contributed by atoms with Crippen LogP contribution in [0.4, 0.5) is 11.5 Å². The third-order valence-electron chi connectivity index (χ3n) is 3.19. The molecule has 0 aliphatic heterocycles. The topological polar surface area (TPSA) is 88.0 Å². The van der Waals surface area contributed by atoms with Gasteiger partial charge in [-0.05, 0) is 45.9 Å². The Bertz CT molecular complexity index is 739. The van der Waals surface area contributed by atoms with Gasteiger partial charge in [-0.2, -0.15) is 0 Å². The summed E-state index contributed by atoms with van der Waals surface area (Å²) in [5, 5.41) is 11.1. The molecule has 0 aromatic carbocycles. The molecule has 6 nitrogen and oxygen atoms in total. The average Bonchev–Trinajstić information content (AvgIpc) is 2.49. The first-order valence-corrected chi connectivity index (χ1v) is 7.36. The lowest BCUT2D eigenvalue weighted by molar-refractivity contribution is 0.0526. The molecule has 120 valence electrons. The summed E-state index contributed by atoms with van der Waals surface area (Å²) in [6.07, 6.45) is 1.69. The van der Waals surface area contributed by atoms with Crippen LogP contribution >= 0.6 is 0 Å². The van der Waals surface area contributed by atoms with Gasteiger partial charge >= 0.3 is 5.97 Å². The first-order valence-electron chi connectivity index (χ1n) is 7.36. The molecule has 0 radical (unpaired) electrons. The van der Waals surface area contributed by atoms with Crippen LogP contribution in [0.3, 0.4) is 0 Å². The summed E-state index contributed by atoms with van der Waals surface area (Å²) in [5.74, 6) is -0.00381. The van der Waals surface area contributed by atoms with Gasteiger partial charge in [0.25, 0.3) is 0 Å². The number of anilines is 2. The number of nitrogens with zero attached hydrogens (tertiary/aromatic N) is 2. The van der Waals surface area contributed by atoms with Crippen LogP contribution in [-0.2, 0) is 4.74 Å². The largest absolute Gasteiger partial charge is 0.462 e. The molecule has 2 rings (SSSR count). The number of nitrogens with one attached hydrogen (secondary N) is 2. The highest BCUT2D eigenvalue weighted by Crippen LogP contribution is 2.24. The summed E-state index contributed by atoms with van der Waals surface area (Å²) < 4.78 is 5.09. The number of ether oxygens (including phenoxy) is 1. The van der Waals surface area contributed by atoms with E-state index < -0.39 is 5.97 Å². The van der Waals surface area contributed by atoms with Crippen molar-refractivity contribution in [1.82, 2.24) is 9.97 Å². The van der Waals surface area contributed by atoms with Crippen molar-refractivity contribution < 1.29 is 9.53 Å². The fourth-order valence-corrected chi connectivity index (χ4v) is 2.19. The van der Waals surface area contributed by atoms with Crippen molar-refractivity contribution in [2.24, 2.45) is 0 Å². The maximum Gasteiger partial charge on any atom is 0.338 e. The van der Waals surface area contributed by atoms with E-state index in [1.807, 2.05) is 19.1 Å². The van der Waals surface area contributed by atoms with E-state index in [-0.39, 0.29) is 12.3 Å². The highest BCUT2D eigenvalue weighted by Gasteiger charge is 2.20. The number of rotatable bonds is 5. The molecule has 23 heavy (non-hydrogen) atoms. The first-order chi connectivity index (χ1) is 10.9. The standard InChI is InChI=1S/C17H20N4O2/c1-5-23-17(22)14-8-11(3)20-16(15(14)12(4)18)21-13-7-6-10(2)19-9-13/h6-9,18H,5H2,1-4H3,(H,20,21). The summed E-state index contributed by atoms with van der Waals surface area (Å²) >= 11 is 0. The zero-order valence-electron chi connectivity index (χ0n) is 13.7. The van der Waals surface area contributed by atoms with Crippen LogP contribution < -0.4 is 5.32 Å². The van der Waals surface area contributed by atoms with Crippen molar-refractivity contribution in [3.63, 3.8) is 0 Å². The molecule has 0 bridgehead atoms. The van der Waals surface area contributed by atoms with Gasteiger partial charge in [-0.1, -0.05) is 0 Å². The predicted molar refractivity (Wildman–Crippen MR) is 89.7 cm³/mol. The minimum absolute atomic E-state index is 0.239. The Kier molecular flexibility index (Phi) is 5.05. The summed E-state index contributed by atoms with van der Waals surface area (Å²) in [5.41, 5.74) is 3.34. The van der Waals surface area contributed by atoms with Gasteiger partial charge in [0.05, 0.1) is 29.6 Å². The van der Waals surface area contributed by atoms with E-state index in [0.29, 0.717) is 22.6 Å². The van der Waals surface area contributed by atoms with Crippen molar-refractivity contribution >= 4 is 23.2 Å². The fourth-order valence-electron chi connectivity index (χ4n) is 2.19. The van der Waals surface area contributed by atoms with Gasteiger partial charge in [0.15, 0.2) is 0 Å². The molecule has 0 saturated heterocycles. The molecule has 0 atom stereocenters. The van der Waals surface area contributed by atoms with Crippen LogP contribution in [0.1, 0.15) is 41.2 Å². The van der Waals surface area contributed by atoms with Crippen molar-refractivity contribution in [3.8, 4) is 0 Å². The SMILES string of the molecule is CCOC(=O)c1cc(C)nc(Nc2ccc(C)nc2)c1C(C)=N. The van der Waals surface area contributed by atoms with Crippen LogP contribution in [0.25, 0.3) is 0 Å². The van der Waals surface area contributed by atoms with E-state index in [2.05, 4.69) is 15.3 Å². The van der Waals surface area contributed by atoms with Gasteiger partial charge in [-0.15, -0.1) is 0 Å². The van der Waals surface area contributed by atoms with Gasteiger partial charge < -0.3 is 15.5 Å². The van der Waals surface area contributed by atoms with Gasteiger partial charge in [-0.25, -0.2) is 9.78 Å². The lowest BCUT2D eigenvalue weighted by atomic mass is 10.0. The Morgan fingerprint density at radius 1 is 1.30 bits per heavy atom. The van der Waals surface area contributed by atoms with E-state index in [0.717, 1.165) is 11.4 Å². The zero-order valence-corrected chi connectivity index (χ0v) is 13.7. The van der Waals surface area contributed by atoms with Gasteiger partial charge in [-0.3, -0.25) is 4.98 Å². The molecule has 0 spiro atoms. The number of aryl methyl sites for hydroxylation is 2. The highest BCUT2D eigenvalue weighted by molar-refractivity contribution is 6.10. The Hall–Kier alpha value is -2.76. The van der Waals surface area contributed by atoms with Crippen LogP contribution in [-0.4, -0.2) is 28.3 Å². The monoisotopic (exact) mass is 312 g/mol. The van der Waals surface area contributed by atoms with Crippen LogP contribution in [0.15, 0.2) is 24.4 Å². The van der Waals surface area contributed by atoms with Gasteiger partial charge in [0, 0.05) is 17.1 Å². The number of pyridine rings is 2. The molecule has 0 aliphatic rings. The summed E-state index contributed by atoms with van der Waals surface area (Å²) in [6, 6.07) is 5.39. The lowest BCUT2D eigenvalue weighted by Gasteiger charge is -2.15. The minimum Gasteiger partial charge on any atom is -0.462 e. The Morgan fingerprint density at radius 3 is 2.61 bits per heavy atom. The van der Waals surface area contributed by atoms with E-state index in [1.54, 1.807) is 33.0 Å². The third kappa shape index (κ3) is 3.91. The molecule has 2 aromatic heterocycles. The zero-order chi connectivity index (χ0) is 17.0. The molecule has 0 saturated carbocycles. The van der Waals surface area contributed by atoms with E-state index in [1.165, 1.54) is 0 Å². The molecule has 2 heterocycles. The quantitative estimate of drug-likeness (QED) is 0.652. The Labute approximate surface area is 135 Å². The van der Waals surface area contributed by atoms with E-state index >= 15 is 0 Å². The molecular weight excluding hydrogens is 292 g/mol. The molecule has 0 aliphatic carbocycles. The van der Waals surface area contributed by atoms with Crippen molar-refractivity contribution in [2.45, 2.75) is 27.7 Å². The minimum atomic E-state index is -0.454. The van der Waals surface area contributed by atoms with Crippen LogP contribution in [0, 0.1) is 19.3 Å². The predicted octanol–water partition coefficient (Wildman–Crippen LogP) is 3.40. The van der Waals surface area contributed by atoms with Gasteiger partial charge in [0.1, 0.15) is 5.82 Å². The second kappa shape index (κ2) is 7.00. The number of hydrogen-bond donors (Lipinski definition) is 2. The molecule has 0 amide bonds. The molecule has 0 unspecified atom stereocenters. The maximum absolute atomic E-state index is 12.2. The number of carbonyl (C=O) groups is 1. The average molecular weight is 312 g/mol. The van der Waals surface area contributed by atoms with Crippen LogP contribution in [0.5, 0.6) is 0 Å². The highest BCUT2D eigenvalue weighted by atomic mass is 16.5. The van der Waals surface area contributed by atoms with E-state index in [9.17, 15) is 4.79 Å². The Morgan fingerprint density at radius 2 is 2.04 bits per heavy atom.